The van der Waals surface area contributed by atoms with E-state index in [4.69, 9.17) is 46.6 Å². The van der Waals surface area contributed by atoms with Crippen molar-refractivity contribution in [1.29, 1.82) is 0 Å². The molecule has 15 atom stereocenters. The van der Waals surface area contributed by atoms with Gasteiger partial charge < -0.3 is 77.3 Å². The average Bonchev–Trinajstić information content (AvgIpc) is 2.95. The summed E-state index contributed by atoms with van der Waals surface area (Å²) in [6.07, 6.45) is -9.18. The maximum atomic E-state index is 11.2. The lowest BCUT2D eigenvalue weighted by Gasteiger charge is -2.48. The first kappa shape index (κ1) is 34.9. The smallest absolute Gasteiger partial charge is 0.187 e. The van der Waals surface area contributed by atoms with Gasteiger partial charge in [-0.1, -0.05) is 39.0 Å². The molecule has 41 heavy (non-hydrogen) atoms. The van der Waals surface area contributed by atoms with Crippen molar-refractivity contribution in [3.63, 3.8) is 0 Å². The standard InChI is InChI=1S/C26H52N4O11/c1-2-3-4-5-6-7-8-37-11-15-17(31)16(30)19(33)25(39-15)40-23-12(28)9-13(29)24(22(23)36)41-26-21(35)20(34)18(32)14(10-27)38-26/h12-26,31-36H,2-11,27-30H2,1H3/t12?,13?,14?,15-,16-,17?,18-,19-,20+,21?,22-,23-,24?,25?,26-/m1/s1. The fourth-order valence-electron chi connectivity index (χ4n) is 5.57. The molecule has 2 heterocycles. The quantitative estimate of drug-likeness (QED) is 0.0858. The van der Waals surface area contributed by atoms with Crippen molar-refractivity contribution < 1.29 is 54.3 Å². The Bertz CT molecular complexity index is 758. The third-order valence-electron chi connectivity index (χ3n) is 8.23. The first-order valence-electron chi connectivity index (χ1n) is 14.8. The van der Waals surface area contributed by atoms with E-state index in [9.17, 15) is 30.6 Å². The number of unbranched alkanes of at least 4 members (excludes halogenated alkanes) is 5. The van der Waals surface area contributed by atoms with Crippen molar-refractivity contribution in [3.05, 3.63) is 0 Å². The molecule has 0 radical (unpaired) electrons. The lowest BCUT2D eigenvalue weighted by atomic mass is 9.84. The second kappa shape index (κ2) is 16.5. The molecule has 7 unspecified atom stereocenters. The highest BCUT2D eigenvalue weighted by molar-refractivity contribution is 5.01. The molecule has 0 aromatic carbocycles. The van der Waals surface area contributed by atoms with Crippen LogP contribution in [0.4, 0.5) is 0 Å². The Morgan fingerprint density at radius 3 is 1.83 bits per heavy atom. The number of ether oxygens (including phenoxy) is 5. The Labute approximate surface area is 241 Å². The van der Waals surface area contributed by atoms with Crippen molar-refractivity contribution in [2.45, 2.75) is 144 Å². The van der Waals surface area contributed by atoms with E-state index in [1.807, 2.05) is 0 Å². The zero-order valence-electron chi connectivity index (χ0n) is 23.8. The molecule has 3 rings (SSSR count). The predicted octanol–water partition coefficient (Wildman–Crippen LogP) is -3.91. The summed E-state index contributed by atoms with van der Waals surface area (Å²) < 4.78 is 28.7. The summed E-state index contributed by atoms with van der Waals surface area (Å²) in [5.41, 5.74) is 24.1. The maximum Gasteiger partial charge on any atom is 0.187 e. The van der Waals surface area contributed by atoms with Crippen molar-refractivity contribution in [3.8, 4) is 0 Å². The van der Waals surface area contributed by atoms with E-state index in [0.717, 1.165) is 19.3 Å². The average molecular weight is 597 g/mol. The van der Waals surface area contributed by atoms with Crippen molar-refractivity contribution in [1.82, 2.24) is 0 Å². The van der Waals surface area contributed by atoms with Gasteiger partial charge in [0.05, 0.1) is 12.6 Å². The molecule has 14 N–H and O–H groups in total. The number of aliphatic hydroxyl groups is 6. The number of hydrogen-bond acceptors (Lipinski definition) is 15. The molecular weight excluding hydrogens is 544 g/mol. The van der Waals surface area contributed by atoms with Crippen LogP contribution < -0.4 is 22.9 Å². The summed E-state index contributed by atoms with van der Waals surface area (Å²) in [6, 6.07) is -2.74. The lowest BCUT2D eigenvalue weighted by Crippen LogP contribution is -2.68. The molecule has 242 valence electrons. The van der Waals surface area contributed by atoms with Crippen molar-refractivity contribution in [2.24, 2.45) is 22.9 Å². The maximum absolute atomic E-state index is 11.2. The summed E-state index contributed by atoms with van der Waals surface area (Å²) in [7, 11) is 0. The second-order valence-corrected chi connectivity index (χ2v) is 11.4. The number of aliphatic hydroxyl groups excluding tert-OH is 6. The molecule has 0 aromatic heterocycles. The minimum absolute atomic E-state index is 0.0275. The minimum atomic E-state index is -1.65. The Morgan fingerprint density at radius 1 is 0.659 bits per heavy atom. The fraction of sp³-hybridized carbons (Fsp3) is 1.00. The van der Waals surface area contributed by atoms with Gasteiger partial charge in [-0.15, -0.1) is 0 Å². The van der Waals surface area contributed by atoms with Gasteiger partial charge in [0, 0.05) is 25.2 Å². The van der Waals surface area contributed by atoms with Crippen LogP contribution in [0, 0.1) is 0 Å². The van der Waals surface area contributed by atoms with Gasteiger partial charge in [0.2, 0.25) is 0 Å². The molecule has 15 heteroatoms. The molecule has 2 saturated heterocycles. The van der Waals surface area contributed by atoms with E-state index in [-0.39, 0.29) is 19.6 Å². The number of hydrogen-bond donors (Lipinski definition) is 10. The van der Waals surface area contributed by atoms with E-state index in [0.29, 0.717) is 6.61 Å². The third-order valence-corrected chi connectivity index (χ3v) is 8.23. The molecule has 2 aliphatic heterocycles. The van der Waals surface area contributed by atoms with Crippen molar-refractivity contribution >= 4 is 0 Å². The summed E-state index contributed by atoms with van der Waals surface area (Å²) >= 11 is 0. The van der Waals surface area contributed by atoms with Gasteiger partial charge in [-0.3, -0.25) is 0 Å². The highest BCUT2D eigenvalue weighted by atomic mass is 16.7. The van der Waals surface area contributed by atoms with E-state index in [2.05, 4.69) is 6.92 Å². The zero-order valence-corrected chi connectivity index (χ0v) is 23.8. The van der Waals surface area contributed by atoms with Gasteiger partial charge in [0.15, 0.2) is 12.6 Å². The molecule has 1 saturated carbocycles. The number of nitrogens with two attached hydrogens (primary N) is 4. The van der Waals surface area contributed by atoms with Gasteiger partial charge in [-0.05, 0) is 12.8 Å². The Kier molecular flexibility index (Phi) is 14.0. The van der Waals surface area contributed by atoms with Crippen LogP contribution in [-0.4, -0.2) is 142 Å². The minimum Gasteiger partial charge on any atom is -0.389 e. The Balaban J connectivity index is 1.59. The lowest BCUT2D eigenvalue weighted by molar-refractivity contribution is -0.332. The van der Waals surface area contributed by atoms with Crippen molar-refractivity contribution in [2.75, 3.05) is 19.8 Å². The van der Waals surface area contributed by atoms with Gasteiger partial charge in [-0.2, -0.15) is 0 Å². The molecule has 15 nitrogen and oxygen atoms in total. The van der Waals surface area contributed by atoms with Crippen LogP contribution in [0.1, 0.15) is 51.9 Å². The van der Waals surface area contributed by atoms with E-state index < -0.39 is 91.7 Å². The Hall–Kier alpha value is -0.600. The molecular formula is C26H52N4O11. The molecule has 0 aromatic rings. The summed E-state index contributed by atoms with van der Waals surface area (Å²) in [5, 5.41) is 63.1. The van der Waals surface area contributed by atoms with Crippen LogP contribution in [0.25, 0.3) is 0 Å². The topological polar surface area (TPSA) is 272 Å². The van der Waals surface area contributed by atoms with E-state index >= 15 is 0 Å². The third kappa shape index (κ3) is 8.74. The molecule has 3 fully saturated rings. The molecule has 0 bridgehead atoms. The summed E-state index contributed by atoms with van der Waals surface area (Å²) in [6.45, 7) is 2.51. The number of rotatable bonds is 14. The van der Waals surface area contributed by atoms with Gasteiger partial charge in [0.1, 0.15) is 61.0 Å². The van der Waals surface area contributed by atoms with E-state index in [1.165, 1.54) is 19.3 Å². The fourth-order valence-corrected chi connectivity index (χ4v) is 5.57. The highest BCUT2D eigenvalue weighted by Gasteiger charge is 2.51. The largest absolute Gasteiger partial charge is 0.389 e. The summed E-state index contributed by atoms with van der Waals surface area (Å²) in [5.74, 6) is 0. The van der Waals surface area contributed by atoms with Crippen LogP contribution >= 0.6 is 0 Å². The molecule has 1 aliphatic carbocycles. The normalized spacial score (nSPS) is 45.6. The van der Waals surface area contributed by atoms with Crippen LogP contribution in [0.5, 0.6) is 0 Å². The molecule has 0 spiro atoms. The first-order chi connectivity index (χ1) is 19.5. The van der Waals surface area contributed by atoms with Gasteiger partial charge >= 0.3 is 0 Å². The van der Waals surface area contributed by atoms with Gasteiger partial charge in [0.25, 0.3) is 0 Å². The van der Waals surface area contributed by atoms with Crippen LogP contribution in [0.2, 0.25) is 0 Å². The van der Waals surface area contributed by atoms with Gasteiger partial charge in [-0.25, -0.2) is 0 Å². The summed E-state index contributed by atoms with van der Waals surface area (Å²) in [4.78, 5) is 0. The molecule has 0 amide bonds. The van der Waals surface area contributed by atoms with Crippen LogP contribution in [-0.2, 0) is 23.7 Å². The Morgan fingerprint density at radius 2 is 1.22 bits per heavy atom. The molecule has 3 aliphatic rings. The second-order valence-electron chi connectivity index (χ2n) is 11.4. The monoisotopic (exact) mass is 596 g/mol. The van der Waals surface area contributed by atoms with Crippen LogP contribution in [0.3, 0.4) is 0 Å². The van der Waals surface area contributed by atoms with Crippen LogP contribution in [0.15, 0.2) is 0 Å². The highest BCUT2D eigenvalue weighted by Crippen LogP contribution is 2.31. The first-order valence-corrected chi connectivity index (χ1v) is 14.8. The van der Waals surface area contributed by atoms with E-state index in [1.54, 1.807) is 0 Å². The SMILES string of the molecule is CCCCCCCCOC[C@H]1OC(O[C@@H]2C(N)CC(N)C(O[C@H]3OC(CN)[C@@H](O)[C@H](O)C3O)[C@@H]2O)[C@H](O)[C@H](N)C1O. The predicted molar refractivity (Wildman–Crippen MR) is 145 cm³/mol. The zero-order chi connectivity index (χ0) is 30.3.